The van der Waals surface area contributed by atoms with Gasteiger partial charge in [0.2, 0.25) is 0 Å². The molecular weight excluding hydrogens is 298 g/mol. The minimum Gasteiger partial charge on any atom is -0.399 e. The smallest absolute Gasteiger partial charge is 0.141 e. The van der Waals surface area contributed by atoms with Crippen molar-refractivity contribution in [1.29, 1.82) is 0 Å². The summed E-state index contributed by atoms with van der Waals surface area (Å²) in [6, 6.07) is 13.9. The molecule has 4 nitrogen and oxygen atoms in total. The predicted molar refractivity (Wildman–Crippen MR) is 88.3 cm³/mol. The number of hydrogen-bond donors (Lipinski definition) is 0. The number of aryl methyl sites for hydroxylation is 1. The first kappa shape index (κ1) is 13.3. The average molecular weight is 312 g/mol. The summed E-state index contributed by atoms with van der Waals surface area (Å²) >= 11 is 5.98. The second-order valence-corrected chi connectivity index (χ2v) is 5.67. The van der Waals surface area contributed by atoms with Crippen molar-refractivity contribution in [2.24, 2.45) is 5.16 Å². The fraction of sp³-hybridized carbons (Fsp3) is 0.176. The summed E-state index contributed by atoms with van der Waals surface area (Å²) in [5, 5.41) is 4.89. The number of halogens is 1. The summed E-state index contributed by atoms with van der Waals surface area (Å²) in [5.41, 5.74) is 5.24. The molecule has 0 radical (unpaired) electrons. The number of oxime groups is 1. The molecule has 2 heterocycles. The lowest BCUT2D eigenvalue weighted by atomic mass is 10.0. The molecule has 0 N–H and O–H groups in total. The number of nitrogens with zero attached hydrogens (tertiary/aromatic N) is 3. The number of imidazole rings is 1. The molecule has 0 fully saturated rings. The van der Waals surface area contributed by atoms with Gasteiger partial charge in [-0.15, -0.1) is 0 Å². The van der Waals surface area contributed by atoms with E-state index in [1.165, 1.54) is 0 Å². The van der Waals surface area contributed by atoms with Crippen LogP contribution in [0, 0.1) is 0 Å². The molecule has 2 aromatic carbocycles. The van der Waals surface area contributed by atoms with Crippen LogP contribution in [0.3, 0.4) is 0 Å². The molecule has 0 amide bonds. The first-order chi connectivity index (χ1) is 10.8. The standard InChI is InChI=1S/C17H14ClN3O/c1-22-20-14-9-10-21-16-13(14)3-2-4-15(16)19-17(21)11-5-7-12(18)8-6-11/h2-8H,9-10H2,1H3. The molecule has 0 unspecified atom stereocenters. The third-order valence-corrected chi connectivity index (χ3v) is 4.21. The number of hydrogen-bond acceptors (Lipinski definition) is 3. The van der Waals surface area contributed by atoms with Crippen molar-refractivity contribution in [2.75, 3.05) is 7.11 Å². The van der Waals surface area contributed by atoms with Crippen molar-refractivity contribution < 1.29 is 4.84 Å². The number of rotatable bonds is 2. The largest absolute Gasteiger partial charge is 0.399 e. The van der Waals surface area contributed by atoms with Crippen molar-refractivity contribution >= 4 is 28.3 Å². The molecular formula is C17H14ClN3O. The van der Waals surface area contributed by atoms with Crippen LogP contribution in [-0.4, -0.2) is 22.4 Å². The molecule has 5 heteroatoms. The minimum absolute atomic E-state index is 0.730. The monoisotopic (exact) mass is 311 g/mol. The molecule has 0 atom stereocenters. The maximum atomic E-state index is 5.98. The Morgan fingerprint density at radius 3 is 2.77 bits per heavy atom. The minimum atomic E-state index is 0.730. The van der Waals surface area contributed by atoms with Crippen molar-refractivity contribution in [1.82, 2.24) is 9.55 Å². The Labute approximate surface area is 133 Å². The Morgan fingerprint density at radius 2 is 2.00 bits per heavy atom. The summed E-state index contributed by atoms with van der Waals surface area (Å²) in [4.78, 5) is 9.78. The Morgan fingerprint density at radius 1 is 1.18 bits per heavy atom. The van der Waals surface area contributed by atoms with Gasteiger partial charge in [0.25, 0.3) is 0 Å². The zero-order valence-electron chi connectivity index (χ0n) is 12.1. The van der Waals surface area contributed by atoms with Gasteiger partial charge in [0.05, 0.1) is 16.7 Å². The Hall–Kier alpha value is -2.33. The van der Waals surface area contributed by atoms with Crippen LogP contribution in [0.25, 0.3) is 22.4 Å². The van der Waals surface area contributed by atoms with E-state index in [1.807, 2.05) is 36.4 Å². The predicted octanol–water partition coefficient (Wildman–Crippen LogP) is 4.11. The molecule has 0 saturated carbocycles. The van der Waals surface area contributed by atoms with Crippen molar-refractivity contribution in [3.05, 3.63) is 53.1 Å². The van der Waals surface area contributed by atoms with E-state index >= 15 is 0 Å². The van der Waals surface area contributed by atoms with E-state index in [1.54, 1.807) is 7.11 Å². The maximum absolute atomic E-state index is 5.98. The lowest BCUT2D eigenvalue weighted by Crippen LogP contribution is -2.16. The van der Waals surface area contributed by atoms with E-state index in [4.69, 9.17) is 21.4 Å². The summed E-state index contributed by atoms with van der Waals surface area (Å²) in [5.74, 6) is 0.968. The van der Waals surface area contributed by atoms with Gasteiger partial charge < -0.3 is 9.40 Å². The van der Waals surface area contributed by atoms with E-state index in [0.29, 0.717) is 0 Å². The van der Waals surface area contributed by atoms with E-state index in [-0.39, 0.29) is 0 Å². The first-order valence-electron chi connectivity index (χ1n) is 7.13. The molecule has 0 saturated heterocycles. The van der Waals surface area contributed by atoms with Gasteiger partial charge in [0.15, 0.2) is 0 Å². The van der Waals surface area contributed by atoms with Gasteiger partial charge in [-0.3, -0.25) is 0 Å². The molecule has 0 bridgehead atoms. The second kappa shape index (κ2) is 5.14. The topological polar surface area (TPSA) is 39.4 Å². The normalized spacial score (nSPS) is 15.5. The van der Waals surface area contributed by atoms with Crippen molar-refractivity contribution in [3.63, 3.8) is 0 Å². The maximum Gasteiger partial charge on any atom is 0.141 e. The highest BCUT2D eigenvalue weighted by molar-refractivity contribution is 6.30. The molecule has 1 aromatic heterocycles. The lowest BCUT2D eigenvalue weighted by molar-refractivity contribution is 0.212. The molecule has 1 aliphatic rings. The van der Waals surface area contributed by atoms with Gasteiger partial charge >= 0.3 is 0 Å². The Kier molecular flexibility index (Phi) is 3.12. The zero-order valence-corrected chi connectivity index (χ0v) is 12.8. The second-order valence-electron chi connectivity index (χ2n) is 5.24. The van der Waals surface area contributed by atoms with Gasteiger partial charge in [-0.05, 0) is 30.3 Å². The molecule has 0 spiro atoms. The molecule has 4 rings (SSSR count). The summed E-state index contributed by atoms with van der Waals surface area (Å²) in [6.07, 6.45) is 0.830. The Bertz CT molecular complexity index is 881. The summed E-state index contributed by atoms with van der Waals surface area (Å²) in [6.45, 7) is 0.841. The van der Waals surface area contributed by atoms with Crippen LogP contribution >= 0.6 is 11.6 Å². The highest BCUT2D eigenvalue weighted by Gasteiger charge is 2.22. The van der Waals surface area contributed by atoms with Crippen molar-refractivity contribution in [3.8, 4) is 11.4 Å². The van der Waals surface area contributed by atoms with Crippen LogP contribution in [0.1, 0.15) is 12.0 Å². The molecule has 22 heavy (non-hydrogen) atoms. The average Bonchev–Trinajstić information content (AvgIpc) is 2.91. The quantitative estimate of drug-likeness (QED) is 0.668. The van der Waals surface area contributed by atoms with Crippen LogP contribution in [0.5, 0.6) is 0 Å². The Balaban J connectivity index is 1.97. The number of para-hydroxylation sites is 1. The van der Waals surface area contributed by atoms with Gasteiger partial charge in [-0.1, -0.05) is 28.9 Å². The van der Waals surface area contributed by atoms with Crippen LogP contribution in [-0.2, 0) is 11.4 Å². The molecule has 110 valence electrons. The fourth-order valence-corrected chi connectivity index (χ4v) is 3.14. The lowest BCUT2D eigenvalue weighted by Gasteiger charge is -2.18. The summed E-state index contributed by atoms with van der Waals surface area (Å²) in [7, 11) is 1.58. The molecule has 3 aromatic rings. The first-order valence-corrected chi connectivity index (χ1v) is 7.51. The van der Waals surface area contributed by atoms with Gasteiger partial charge in [0, 0.05) is 29.1 Å². The van der Waals surface area contributed by atoms with Crippen LogP contribution < -0.4 is 0 Å². The van der Waals surface area contributed by atoms with Gasteiger partial charge in [-0.25, -0.2) is 4.98 Å². The molecule has 1 aliphatic heterocycles. The van der Waals surface area contributed by atoms with Crippen LogP contribution in [0.15, 0.2) is 47.6 Å². The number of benzene rings is 2. The number of aromatic nitrogens is 2. The van der Waals surface area contributed by atoms with E-state index < -0.39 is 0 Å². The highest BCUT2D eigenvalue weighted by Crippen LogP contribution is 2.31. The SMILES string of the molecule is CON=C1CCn2c(-c3ccc(Cl)cc3)nc3cccc1c32. The van der Waals surface area contributed by atoms with E-state index in [2.05, 4.69) is 15.8 Å². The third kappa shape index (κ3) is 1.99. The zero-order chi connectivity index (χ0) is 15.1. The third-order valence-electron chi connectivity index (χ3n) is 3.95. The van der Waals surface area contributed by atoms with Crippen molar-refractivity contribution in [2.45, 2.75) is 13.0 Å². The highest BCUT2D eigenvalue weighted by atomic mass is 35.5. The van der Waals surface area contributed by atoms with E-state index in [9.17, 15) is 0 Å². The molecule has 0 aliphatic carbocycles. The van der Waals surface area contributed by atoms with Gasteiger partial charge in [0.1, 0.15) is 12.9 Å². The van der Waals surface area contributed by atoms with Crippen LogP contribution in [0.4, 0.5) is 0 Å². The van der Waals surface area contributed by atoms with E-state index in [0.717, 1.165) is 51.7 Å². The van der Waals surface area contributed by atoms with Crippen LogP contribution in [0.2, 0.25) is 5.02 Å². The fourth-order valence-electron chi connectivity index (χ4n) is 3.01. The summed E-state index contributed by atoms with van der Waals surface area (Å²) < 4.78 is 2.25. The van der Waals surface area contributed by atoms with Gasteiger partial charge in [-0.2, -0.15) is 0 Å².